The Bertz CT molecular complexity index is 1170. The summed E-state index contributed by atoms with van der Waals surface area (Å²) in [6, 6.07) is 13.6. The summed E-state index contributed by atoms with van der Waals surface area (Å²) in [5.74, 6) is 1.22. The van der Waals surface area contributed by atoms with Gasteiger partial charge in [0.05, 0.1) is 37.9 Å². The first-order valence-electron chi connectivity index (χ1n) is 15.2. The predicted octanol–water partition coefficient (Wildman–Crippen LogP) is 8.15. The molecule has 0 bridgehead atoms. The van der Waals surface area contributed by atoms with Crippen molar-refractivity contribution in [2.24, 2.45) is 0 Å². The second kappa shape index (κ2) is 17.1. The largest absolute Gasteiger partial charge is 0.493 e. The van der Waals surface area contributed by atoms with Crippen LogP contribution in [0.4, 0.5) is 0 Å². The topological polar surface area (TPSA) is 72.4 Å². The van der Waals surface area contributed by atoms with E-state index in [-0.39, 0.29) is 0 Å². The van der Waals surface area contributed by atoms with Crippen molar-refractivity contribution < 1.29 is 14.6 Å². The zero-order chi connectivity index (χ0) is 27.9. The van der Waals surface area contributed by atoms with Crippen LogP contribution in [0.1, 0.15) is 108 Å². The number of para-hydroxylation sites is 2. The van der Waals surface area contributed by atoms with Crippen molar-refractivity contribution in [1.82, 2.24) is 9.13 Å². The van der Waals surface area contributed by atoms with Crippen LogP contribution in [-0.4, -0.2) is 28.5 Å². The second-order valence-electron chi connectivity index (χ2n) is 10.8. The van der Waals surface area contributed by atoms with E-state index in [4.69, 9.17) is 14.9 Å². The van der Waals surface area contributed by atoms with Gasteiger partial charge in [0.2, 0.25) is 5.62 Å². The zero-order valence-electron chi connectivity index (χ0n) is 24.6. The number of aliphatic hydroxyl groups excluding tert-OH is 1. The smallest absolute Gasteiger partial charge is 0.203 e. The molecule has 3 aromatic rings. The number of unbranched alkanes of at least 4 members (excludes halogenated alkanes) is 13. The summed E-state index contributed by atoms with van der Waals surface area (Å²) >= 11 is 0. The van der Waals surface area contributed by atoms with Crippen molar-refractivity contribution in [2.75, 3.05) is 14.2 Å². The molecule has 0 saturated carbocycles. The van der Waals surface area contributed by atoms with Gasteiger partial charge in [-0.2, -0.15) is 0 Å². The van der Waals surface area contributed by atoms with Gasteiger partial charge in [-0.1, -0.05) is 109 Å². The normalized spacial score (nSPS) is 12.2. The first kappa shape index (κ1) is 30.8. The molecule has 1 heterocycles. The molecule has 39 heavy (non-hydrogen) atoms. The van der Waals surface area contributed by atoms with E-state index in [9.17, 15) is 5.11 Å². The summed E-state index contributed by atoms with van der Waals surface area (Å²) < 4.78 is 14.7. The highest BCUT2D eigenvalue weighted by Gasteiger charge is 2.17. The van der Waals surface area contributed by atoms with Crippen LogP contribution in [0.15, 0.2) is 42.5 Å². The highest BCUT2D eigenvalue weighted by atomic mass is 16.5. The Morgan fingerprint density at radius 3 is 1.74 bits per heavy atom. The summed E-state index contributed by atoms with van der Waals surface area (Å²) in [6.45, 7) is 3.41. The fourth-order valence-corrected chi connectivity index (χ4v) is 5.51. The van der Waals surface area contributed by atoms with Gasteiger partial charge in [-0.05, 0) is 36.2 Å². The minimum Gasteiger partial charge on any atom is -0.493 e. The lowest BCUT2D eigenvalue weighted by Gasteiger charge is -2.15. The van der Waals surface area contributed by atoms with Gasteiger partial charge in [0.25, 0.3) is 0 Å². The van der Waals surface area contributed by atoms with Gasteiger partial charge in [0, 0.05) is 6.54 Å². The quantitative estimate of drug-likeness (QED) is 0.143. The van der Waals surface area contributed by atoms with Crippen molar-refractivity contribution >= 4 is 11.0 Å². The monoisotopic (exact) mass is 537 g/mol. The molecule has 0 aliphatic heterocycles. The summed E-state index contributed by atoms with van der Waals surface area (Å²) in [4.78, 5) is 0. The van der Waals surface area contributed by atoms with Gasteiger partial charge < -0.3 is 23.7 Å². The number of aliphatic hydroxyl groups is 1. The Hall–Kier alpha value is -2.73. The minimum absolute atomic E-state index is 0.306. The number of nitrogens with zero attached hydrogens (tertiary/aromatic N) is 2. The molecule has 0 radical (unpaired) electrons. The molecule has 6 nitrogen and oxygen atoms in total. The van der Waals surface area contributed by atoms with E-state index < -0.39 is 6.10 Å². The molecule has 1 unspecified atom stereocenters. The number of methoxy groups -OCH3 is 2. The Labute approximate surface area is 235 Å². The maximum atomic E-state index is 11.0. The lowest BCUT2D eigenvalue weighted by Crippen LogP contribution is -2.26. The van der Waals surface area contributed by atoms with E-state index in [2.05, 4.69) is 17.6 Å². The van der Waals surface area contributed by atoms with Crippen molar-refractivity contribution in [3.63, 3.8) is 0 Å². The van der Waals surface area contributed by atoms with Crippen LogP contribution >= 0.6 is 0 Å². The number of rotatable bonds is 20. The highest BCUT2D eigenvalue weighted by molar-refractivity contribution is 5.75. The molecule has 1 atom stereocenters. The fraction of sp³-hybridized carbons (Fsp3) is 0.606. The molecule has 1 aromatic heterocycles. The number of imidazole rings is 1. The first-order chi connectivity index (χ1) is 19.1. The van der Waals surface area contributed by atoms with Crippen LogP contribution in [0.3, 0.4) is 0 Å². The van der Waals surface area contributed by atoms with Crippen LogP contribution in [0.5, 0.6) is 11.5 Å². The molecule has 3 rings (SSSR count). The number of hydrogen-bond acceptors (Lipinski definition) is 4. The van der Waals surface area contributed by atoms with Crippen LogP contribution in [-0.2, 0) is 13.1 Å². The van der Waals surface area contributed by atoms with Crippen LogP contribution in [0, 0.1) is 5.41 Å². The molecule has 0 saturated heterocycles. The van der Waals surface area contributed by atoms with E-state index in [1.54, 1.807) is 14.2 Å². The van der Waals surface area contributed by atoms with E-state index in [0.717, 1.165) is 29.6 Å². The molecular weight excluding hydrogens is 486 g/mol. The molecule has 0 spiro atoms. The third-order valence-electron chi connectivity index (χ3n) is 7.86. The number of aryl methyl sites for hydroxylation is 1. The summed E-state index contributed by atoms with van der Waals surface area (Å²) in [5, 5.41) is 20.0. The lowest BCUT2D eigenvalue weighted by atomic mass is 10.0. The maximum absolute atomic E-state index is 11.0. The summed E-state index contributed by atoms with van der Waals surface area (Å²) in [5.41, 5.74) is 3.21. The average Bonchev–Trinajstić information content (AvgIpc) is 3.22. The van der Waals surface area contributed by atoms with Gasteiger partial charge in [-0.25, -0.2) is 0 Å². The van der Waals surface area contributed by atoms with E-state index in [0.29, 0.717) is 23.7 Å². The number of fused-ring (bicyclic) bond motifs is 1. The van der Waals surface area contributed by atoms with Gasteiger partial charge in [0.15, 0.2) is 11.5 Å². The second-order valence-corrected chi connectivity index (χ2v) is 10.8. The van der Waals surface area contributed by atoms with Gasteiger partial charge in [-0.3, -0.25) is 5.41 Å². The van der Waals surface area contributed by atoms with Gasteiger partial charge in [0.1, 0.15) is 0 Å². The van der Waals surface area contributed by atoms with Crippen molar-refractivity contribution in [3.05, 3.63) is 53.6 Å². The molecule has 0 amide bonds. The van der Waals surface area contributed by atoms with E-state index in [1.165, 1.54) is 83.5 Å². The lowest BCUT2D eigenvalue weighted by molar-refractivity contribution is 0.155. The van der Waals surface area contributed by atoms with Crippen LogP contribution < -0.4 is 15.1 Å². The SMILES string of the molecule is CCCCCCCCCCCCCCCCn1c(=N)n(CC(O)c2ccc(OC)c(OC)c2)c2ccccc21. The Morgan fingerprint density at radius 2 is 1.21 bits per heavy atom. The van der Waals surface area contributed by atoms with E-state index in [1.807, 2.05) is 41.0 Å². The van der Waals surface area contributed by atoms with Gasteiger partial charge in [-0.15, -0.1) is 0 Å². The molecule has 2 N–H and O–H groups in total. The summed E-state index contributed by atoms with van der Waals surface area (Å²) in [7, 11) is 3.19. The Kier molecular flexibility index (Phi) is 13.5. The third-order valence-corrected chi connectivity index (χ3v) is 7.86. The van der Waals surface area contributed by atoms with Crippen molar-refractivity contribution in [3.8, 4) is 11.5 Å². The Morgan fingerprint density at radius 1 is 0.692 bits per heavy atom. The van der Waals surface area contributed by atoms with Crippen molar-refractivity contribution in [2.45, 2.75) is 116 Å². The molecule has 0 aliphatic carbocycles. The Balaban J connectivity index is 1.46. The standard InChI is InChI=1S/C33H51N3O3/c1-4-5-6-7-8-9-10-11-12-13-14-15-16-19-24-35-28-20-17-18-21-29(28)36(33(35)34)26-30(37)27-22-23-31(38-2)32(25-27)39-3/h17-18,20-23,25,30,34,37H,4-16,19,24,26H2,1-3H3. The maximum Gasteiger partial charge on any atom is 0.203 e. The molecular formula is C33H51N3O3. The fourth-order valence-electron chi connectivity index (χ4n) is 5.51. The average molecular weight is 538 g/mol. The van der Waals surface area contributed by atoms with Crippen molar-refractivity contribution in [1.29, 1.82) is 5.41 Å². The third kappa shape index (κ3) is 9.16. The number of benzene rings is 2. The predicted molar refractivity (Wildman–Crippen MR) is 161 cm³/mol. The number of nitrogens with one attached hydrogen (secondary N) is 1. The molecule has 0 aliphatic rings. The van der Waals surface area contributed by atoms with Crippen LogP contribution in [0.2, 0.25) is 0 Å². The number of ether oxygens (including phenoxy) is 2. The zero-order valence-corrected chi connectivity index (χ0v) is 24.6. The molecule has 6 heteroatoms. The van der Waals surface area contributed by atoms with E-state index >= 15 is 0 Å². The van der Waals surface area contributed by atoms with Crippen LogP contribution in [0.25, 0.3) is 11.0 Å². The highest BCUT2D eigenvalue weighted by Crippen LogP contribution is 2.30. The summed E-state index contributed by atoms with van der Waals surface area (Å²) in [6.07, 6.45) is 18.0. The molecule has 2 aromatic carbocycles. The number of hydrogen-bond donors (Lipinski definition) is 2. The molecule has 216 valence electrons. The number of aromatic nitrogens is 2. The van der Waals surface area contributed by atoms with Gasteiger partial charge >= 0.3 is 0 Å². The first-order valence-corrected chi connectivity index (χ1v) is 15.2. The minimum atomic E-state index is -0.765. The molecule has 0 fully saturated rings.